The lowest BCUT2D eigenvalue weighted by Gasteiger charge is -2.31. The van der Waals surface area contributed by atoms with Crippen molar-refractivity contribution in [1.29, 1.82) is 5.26 Å². The van der Waals surface area contributed by atoms with Crippen LogP contribution in [-0.4, -0.2) is 0 Å². The van der Waals surface area contributed by atoms with Crippen LogP contribution in [0, 0.1) is 29.1 Å². The van der Waals surface area contributed by atoms with Crippen molar-refractivity contribution >= 4 is 0 Å². The Kier molecular flexibility index (Phi) is 13.7. The second-order valence-corrected chi connectivity index (χ2v) is 10.3. The van der Waals surface area contributed by atoms with Crippen LogP contribution in [0.15, 0.2) is 24.3 Å². The predicted molar refractivity (Wildman–Crippen MR) is 135 cm³/mol. The van der Waals surface area contributed by atoms with E-state index in [2.05, 4.69) is 44.2 Å². The van der Waals surface area contributed by atoms with E-state index in [1.807, 2.05) is 0 Å². The summed E-state index contributed by atoms with van der Waals surface area (Å²) in [4.78, 5) is 0. The minimum Gasteiger partial charge on any atom is -0.198 e. The molecule has 1 fully saturated rings. The molecule has 1 unspecified atom stereocenters. The van der Waals surface area contributed by atoms with E-state index in [1.165, 1.54) is 120 Å². The first-order chi connectivity index (χ1) is 15.3. The highest BCUT2D eigenvalue weighted by Gasteiger charge is 2.27. The first-order valence-corrected chi connectivity index (χ1v) is 13.7. The summed E-state index contributed by atoms with van der Waals surface area (Å²) in [6.07, 6.45) is 24.0. The summed E-state index contributed by atoms with van der Waals surface area (Å²) >= 11 is 0. The Morgan fingerprint density at radius 3 is 1.90 bits per heavy atom. The van der Waals surface area contributed by atoms with E-state index in [0.717, 1.165) is 12.3 Å². The average Bonchev–Trinajstić information content (AvgIpc) is 2.81. The molecule has 0 bridgehead atoms. The third kappa shape index (κ3) is 10.7. The van der Waals surface area contributed by atoms with Crippen molar-refractivity contribution in [2.24, 2.45) is 17.8 Å². The number of nitrogens with zero attached hydrogens (tertiary/aromatic N) is 1. The maximum absolute atomic E-state index is 9.84. The highest BCUT2D eigenvalue weighted by atomic mass is 14.4. The van der Waals surface area contributed by atoms with Gasteiger partial charge in [-0.15, -0.1) is 0 Å². The molecule has 1 nitrogen and oxygen atoms in total. The molecule has 1 saturated carbocycles. The summed E-state index contributed by atoms with van der Waals surface area (Å²) in [6.45, 7) is 4.57. The lowest BCUT2D eigenvalue weighted by molar-refractivity contribution is 0.220. The highest BCUT2D eigenvalue weighted by Crippen LogP contribution is 2.37. The molecule has 1 heteroatoms. The molecular formula is C30H49N. The molecule has 174 valence electrons. The van der Waals surface area contributed by atoms with Gasteiger partial charge in [0.15, 0.2) is 0 Å². The van der Waals surface area contributed by atoms with E-state index < -0.39 is 0 Å². The van der Waals surface area contributed by atoms with Gasteiger partial charge in [0.05, 0.1) is 12.0 Å². The third-order valence-electron chi connectivity index (χ3n) is 7.64. The third-order valence-corrected chi connectivity index (χ3v) is 7.64. The second-order valence-electron chi connectivity index (χ2n) is 10.3. The van der Waals surface area contributed by atoms with Crippen molar-refractivity contribution in [3.05, 3.63) is 35.4 Å². The number of rotatable bonds is 16. The lowest BCUT2D eigenvalue weighted by Crippen LogP contribution is -2.22. The molecule has 1 aliphatic rings. The first-order valence-electron chi connectivity index (χ1n) is 13.7. The molecule has 31 heavy (non-hydrogen) atoms. The summed E-state index contributed by atoms with van der Waals surface area (Å²) < 4.78 is 0. The second kappa shape index (κ2) is 16.4. The highest BCUT2D eigenvalue weighted by molar-refractivity contribution is 5.24. The molecule has 0 spiro atoms. The van der Waals surface area contributed by atoms with Gasteiger partial charge in [-0.2, -0.15) is 5.26 Å². The topological polar surface area (TPSA) is 23.8 Å². The van der Waals surface area contributed by atoms with E-state index >= 15 is 0 Å². The Hall–Kier alpha value is -1.29. The van der Waals surface area contributed by atoms with E-state index in [4.69, 9.17) is 0 Å². The van der Waals surface area contributed by atoms with Gasteiger partial charge in [-0.05, 0) is 55.1 Å². The van der Waals surface area contributed by atoms with Crippen molar-refractivity contribution in [3.63, 3.8) is 0 Å². The fourth-order valence-electron chi connectivity index (χ4n) is 5.44. The van der Waals surface area contributed by atoms with Crippen molar-refractivity contribution < 1.29 is 0 Å². The zero-order valence-electron chi connectivity index (χ0n) is 20.7. The van der Waals surface area contributed by atoms with Gasteiger partial charge < -0.3 is 0 Å². The first kappa shape index (κ1) is 26.0. The zero-order valence-corrected chi connectivity index (χ0v) is 20.7. The van der Waals surface area contributed by atoms with E-state index in [-0.39, 0.29) is 5.92 Å². The van der Waals surface area contributed by atoms with Crippen LogP contribution in [-0.2, 0) is 12.8 Å². The molecule has 1 atom stereocenters. The van der Waals surface area contributed by atoms with Crippen molar-refractivity contribution in [1.82, 2.24) is 0 Å². The van der Waals surface area contributed by atoms with Gasteiger partial charge >= 0.3 is 0 Å². The van der Waals surface area contributed by atoms with Gasteiger partial charge in [0.25, 0.3) is 0 Å². The molecule has 0 heterocycles. The molecule has 1 aromatic carbocycles. The quantitative estimate of drug-likeness (QED) is 0.243. The predicted octanol–water partition coefficient (Wildman–Crippen LogP) is 9.44. The number of aryl methyl sites for hydroxylation is 1. The minimum absolute atomic E-state index is 0.204. The molecule has 0 saturated heterocycles. The van der Waals surface area contributed by atoms with Gasteiger partial charge in [-0.3, -0.25) is 0 Å². The monoisotopic (exact) mass is 423 g/mol. The van der Waals surface area contributed by atoms with Crippen molar-refractivity contribution in [3.8, 4) is 6.07 Å². The molecule has 1 aliphatic carbocycles. The van der Waals surface area contributed by atoms with Gasteiger partial charge in [0, 0.05) is 0 Å². The lowest BCUT2D eigenvalue weighted by atomic mass is 9.73. The fourth-order valence-corrected chi connectivity index (χ4v) is 5.44. The van der Waals surface area contributed by atoms with Gasteiger partial charge in [0.1, 0.15) is 0 Å². The summed E-state index contributed by atoms with van der Waals surface area (Å²) in [5, 5.41) is 9.84. The standard InChI is InChI=1S/C30H49N/c1-3-5-7-9-11-13-14-26-16-18-28(19-17-26)24-30(25-31)29-22-20-27(21-23-29)15-12-10-8-6-4-2/h16-19,27,29-30H,3-15,20-24H2,1-2H3/t27-,29-,30?. The molecule has 2 rings (SSSR count). The average molecular weight is 424 g/mol. The minimum atomic E-state index is 0.204. The van der Waals surface area contributed by atoms with Crippen LogP contribution in [0.4, 0.5) is 0 Å². The van der Waals surface area contributed by atoms with Crippen LogP contribution in [0.1, 0.15) is 128 Å². The van der Waals surface area contributed by atoms with Gasteiger partial charge in [-0.1, -0.05) is 122 Å². The maximum atomic E-state index is 9.84. The zero-order chi connectivity index (χ0) is 22.2. The molecule has 0 N–H and O–H groups in total. The largest absolute Gasteiger partial charge is 0.198 e. The number of unbranched alkanes of at least 4 members (excludes halogenated alkanes) is 9. The molecule has 0 amide bonds. The smallest absolute Gasteiger partial charge is 0.0662 e. The molecule has 0 radical (unpaired) electrons. The van der Waals surface area contributed by atoms with Crippen molar-refractivity contribution in [2.75, 3.05) is 0 Å². The summed E-state index contributed by atoms with van der Waals surface area (Å²) in [5.41, 5.74) is 2.82. The Labute approximate surface area is 194 Å². The Morgan fingerprint density at radius 2 is 1.29 bits per heavy atom. The van der Waals surface area contributed by atoms with E-state index in [9.17, 15) is 5.26 Å². The van der Waals surface area contributed by atoms with Crippen molar-refractivity contribution in [2.45, 2.75) is 129 Å². The van der Waals surface area contributed by atoms with Crippen LogP contribution in [0.5, 0.6) is 0 Å². The number of hydrogen-bond acceptors (Lipinski definition) is 1. The molecule has 0 aromatic heterocycles. The Bertz CT molecular complexity index is 588. The van der Waals surface area contributed by atoms with Crippen LogP contribution in [0.25, 0.3) is 0 Å². The van der Waals surface area contributed by atoms with E-state index in [0.29, 0.717) is 5.92 Å². The number of nitriles is 1. The molecule has 1 aromatic rings. The van der Waals surface area contributed by atoms with Crippen LogP contribution in [0.2, 0.25) is 0 Å². The maximum Gasteiger partial charge on any atom is 0.0662 e. The van der Waals surface area contributed by atoms with Gasteiger partial charge in [0.2, 0.25) is 0 Å². The van der Waals surface area contributed by atoms with E-state index in [1.54, 1.807) is 0 Å². The Morgan fingerprint density at radius 1 is 0.742 bits per heavy atom. The summed E-state index contributed by atoms with van der Waals surface area (Å²) in [5.74, 6) is 1.75. The normalized spacial score (nSPS) is 19.8. The summed E-state index contributed by atoms with van der Waals surface area (Å²) in [7, 11) is 0. The summed E-state index contributed by atoms with van der Waals surface area (Å²) in [6, 6.07) is 11.9. The fraction of sp³-hybridized carbons (Fsp3) is 0.767. The molecule has 0 aliphatic heterocycles. The van der Waals surface area contributed by atoms with Crippen LogP contribution < -0.4 is 0 Å². The Balaban J connectivity index is 1.66. The van der Waals surface area contributed by atoms with Gasteiger partial charge in [-0.25, -0.2) is 0 Å². The number of hydrogen-bond donors (Lipinski definition) is 0. The SMILES string of the molecule is CCCCCCCCc1ccc(CC(C#N)[C@H]2CC[C@H](CCCCCCC)CC2)cc1. The van der Waals surface area contributed by atoms with Crippen LogP contribution >= 0.6 is 0 Å². The van der Waals surface area contributed by atoms with Crippen LogP contribution in [0.3, 0.4) is 0 Å². The number of benzene rings is 1. The molecular weight excluding hydrogens is 374 g/mol.